The molecule has 0 spiro atoms. The van der Waals surface area contributed by atoms with Crippen LogP contribution in [0.2, 0.25) is 0 Å². The molecule has 5 rings (SSSR count). The maximum atomic E-state index is 13.7. The van der Waals surface area contributed by atoms with Crippen LogP contribution < -0.4 is 10.1 Å². The van der Waals surface area contributed by atoms with E-state index in [9.17, 15) is 14.3 Å². The number of hydrogen-bond donors (Lipinski definition) is 2. The molecule has 2 aliphatic rings. The Hall–Kier alpha value is -3.23. The third-order valence-electron chi connectivity index (χ3n) is 6.56. The van der Waals surface area contributed by atoms with Crippen molar-refractivity contribution in [3.05, 3.63) is 83.3 Å². The third kappa shape index (κ3) is 4.36. The molecule has 0 radical (unpaired) electrons. The lowest BCUT2D eigenvalue weighted by Crippen LogP contribution is -2.54. The monoisotopic (exact) mass is 451 g/mol. The van der Waals surface area contributed by atoms with Crippen LogP contribution in [0.15, 0.2) is 59.3 Å². The molecule has 1 fully saturated rings. The summed E-state index contributed by atoms with van der Waals surface area (Å²) in [7, 11) is 0. The van der Waals surface area contributed by atoms with Crippen molar-refractivity contribution in [1.29, 1.82) is 0 Å². The summed E-state index contributed by atoms with van der Waals surface area (Å²) in [4.78, 5) is 19.1. The number of aliphatic hydroxyl groups is 1. The molecule has 172 valence electrons. The van der Waals surface area contributed by atoms with Gasteiger partial charge in [-0.05, 0) is 36.6 Å². The molecule has 7 nitrogen and oxygen atoms in total. The van der Waals surface area contributed by atoms with Crippen LogP contribution in [-0.4, -0.2) is 51.7 Å². The zero-order chi connectivity index (χ0) is 22.9. The van der Waals surface area contributed by atoms with Gasteiger partial charge in [0, 0.05) is 25.6 Å². The van der Waals surface area contributed by atoms with Gasteiger partial charge in [0.1, 0.15) is 23.8 Å². The number of ether oxygens (including phenoxy) is 1. The van der Waals surface area contributed by atoms with Gasteiger partial charge in [-0.25, -0.2) is 9.37 Å². The Morgan fingerprint density at radius 2 is 2.06 bits per heavy atom. The Morgan fingerprint density at radius 1 is 1.24 bits per heavy atom. The lowest BCUT2D eigenvalue weighted by atomic mass is 9.97. The molecule has 4 atom stereocenters. The Bertz CT molecular complexity index is 1150. The topological polar surface area (TPSA) is 87.8 Å². The normalized spacial score (nSPS) is 24.9. The molecule has 1 aliphatic heterocycles. The van der Waals surface area contributed by atoms with Crippen LogP contribution in [0, 0.1) is 12.7 Å². The van der Waals surface area contributed by atoms with Gasteiger partial charge in [-0.2, -0.15) is 0 Å². The Labute approximate surface area is 191 Å². The minimum absolute atomic E-state index is 0.154. The van der Waals surface area contributed by atoms with Crippen molar-refractivity contribution in [2.75, 3.05) is 6.54 Å². The van der Waals surface area contributed by atoms with Gasteiger partial charge in [-0.1, -0.05) is 30.3 Å². The van der Waals surface area contributed by atoms with E-state index in [2.05, 4.69) is 27.3 Å². The van der Waals surface area contributed by atoms with Crippen molar-refractivity contribution in [2.24, 2.45) is 0 Å². The maximum absolute atomic E-state index is 13.7. The summed E-state index contributed by atoms with van der Waals surface area (Å²) in [6, 6.07) is 13.4. The van der Waals surface area contributed by atoms with Crippen LogP contribution in [-0.2, 0) is 13.0 Å². The number of nitrogens with one attached hydrogen (secondary N) is 1. The largest absolute Gasteiger partial charge is 0.487 e. The summed E-state index contributed by atoms with van der Waals surface area (Å²) in [5, 5.41) is 14.3. The number of benzene rings is 2. The van der Waals surface area contributed by atoms with Crippen molar-refractivity contribution in [3.8, 4) is 5.75 Å². The Balaban J connectivity index is 1.40. The molecule has 1 aromatic heterocycles. The number of halogens is 1. The fourth-order valence-electron chi connectivity index (χ4n) is 4.96. The smallest absolute Gasteiger partial charge is 0.289 e. The molecule has 1 saturated carbocycles. The van der Waals surface area contributed by atoms with E-state index in [0.29, 0.717) is 24.4 Å². The van der Waals surface area contributed by atoms with Gasteiger partial charge in [-0.15, -0.1) is 0 Å². The van der Waals surface area contributed by atoms with Gasteiger partial charge in [-0.3, -0.25) is 9.69 Å². The van der Waals surface area contributed by atoms with Crippen molar-refractivity contribution in [3.63, 3.8) is 0 Å². The number of rotatable bonds is 5. The lowest BCUT2D eigenvalue weighted by molar-refractivity contribution is 0.00245. The summed E-state index contributed by atoms with van der Waals surface area (Å²) in [6.07, 6.45) is 0.994. The number of hydrogen-bond acceptors (Lipinski definition) is 6. The van der Waals surface area contributed by atoms with E-state index in [1.165, 1.54) is 29.7 Å². The molecular weight excluding hydrogens is 425 g/mol. The predicted molar refractivity (Wildman–Crippen MR) is 118 cm³/mol. The van der Waals surface area contributed by atoms with E-state index < -0.39 is 18.0 Å². The highest BCUT2D eigenvalue weighted by Crippen LogP contribution is 2.33. The minimum Gasteiger partial charge on any atom is -0.487 e. The number of aromatic nitrogens is 1. The summed E-state index contributed by atoms with van der Waals surface area (Å²) >= 11 is 0. The second-order valence-corrected chi connectivity index (χ2v) is 8.67. The number of carbonyl (C=O) groups is 1. The zero-order valence-electron chi connectivity index (χ0n) is 18.3. The average molecular weight is 451 g/mol. The molecule has 33 heavy (non-hydrogen) atoms. The second kappa shape index (κ2) is 8.96. The first-order chi connectivity index (χ1) is 16.0. The molecular formula is C25H26FN3O4. The van der Waals surface area contributed by atoms with E-state index in [4.69, 9.17) is 9.15 Å². The van der Waals surface area contributed by atoms with Crippen molar-refractivity contribution < 1.29 is 23.4 Å². The highest BCUT2D eigenvalue weighted by Gasteiger charge is 2.48. The second-order valence-electron chi connectivity index (χ2n) is 8.67. The first-order valence-electron chi connectivity index (χ1n) is 11.1. The van der Waals surface area contributed by atoms with E-state index in [1.54, 1.807) is 19.1 Å². The van der Waals surface area contributed by atoms with Crippen LogP contribution in [0.4, 0.5) is 4.39 Å². The van der Waals surface area contributed by atoms with Crippen LogP contribution >= 0.6 is 0 Å². The number of oxazole rings is 1. The standard InChI is InChI=1S/C25H26FN3O4/c1-15-24(32-14-27-15)25(31)28-20-12-21(33-19-8-4-7-18(26)11-19)23(30)22(20)29-10-9-16-5-2-3-6-17(16)13-29/h2-8,11,14,20-23,30H,9-10,12-13H2,1H3,(H,28,31)/t20-,21-,22+,23+/m1/s1. The quantitative estimate of drug-likeness (QED) is 0.620. The summed E-state index contributed by atoms with van der Waals surface area (Å²) in [5.41, 5.74) is 3.01. The maximum Gasteiger partial charge on any atom is 0.289 e. The molecule has 8 heteroatoms. The van der Waals surface area contributed by atoms with Gasteiger partial charge in [0.25, 0.3) is 5.91 Å². The van der Waals surface area contributed by atoms with E-state index in [-0.39, 0.29) is 23.8 Å². The van der Waals surface area contributed by atoms with Crippen LogP contribution in [0.3, 0.4) is 0 Å². The van der Waals surface area contributed by atoms with Gasteiger partial charge in [0.15, 0.2) is 6.39 Å². The van der Waals surface area contributed by atoms with E-state index in [0.717, 1.165) is 13.0 Å². The number of nitrogens with zero attached hydrogens (tertiary/aromatic N) is 2. The van der Waals surface area contributed by atoms with Crippen molar-refractivity contribution in [2.45, 2.75) is 50.6 Å². The minimum atomic E-state index is -0.875. The Morgan fingerprint density at radius 3 is 2.82 bits per heavy atom. The van der Waals surface area contributed by atoms with Crippen molar-refractivity contribution >= 4 is 5.91 Å². The molecule has 3 aromatic rings. The highest BCUT2D eigenvalue weighted by molar-refractivity contribution is 5.92. The lowest BCUT2D eigenvalue weighted by Gasteiger charge is -2.38. The number of carbonyl (C=O) groups excluding carboxylic acids is 1. The van der Waals surface area contributed by atoms with Crippen molar-refractivity contribution in [1.82, 2.24) is 15.2 Å². The van der Waals surface area contributed by atoms with Crippen LogP contribution in [0.1, 0.15) is 33.8 Å². The van der Waals surface area contributed by atoms with Gasteiger partial charge in [0.05, 0.1) is 17.8 Å². The fraction of sp³-hybridized carbons (Fsp3) is 0.360. The average Bonchev–Trinajstić information content (AvgIpc) is 3.36. The summed E-state index contributed by atoms with van der Waals surface area (Å²) < 4.78 is 24.9. The predicted octanol–water partition coefficient (Wildman–Crippen LogP) is 2.86. The SMILES string of the molecule is Cc1ncoc1C(=O)N[C@@H]1C[C@@H](Oc2cccc(F)c2)[C@H](O)[C@H]1N1CCc2ccccc2C1. The number of amides is 1. The van der Waals surface area contributed by atoms with Crippen LogP contribution in [0.25, 0.3) is 0 Å². The van der Waals surface area contributed by atoms with E-state index in [1.807, 2.05) is 12.1 Å². The first kappa shape index (κ1) is 21.6. The molecule has 0 bridgehead atoms. The molecule has 1 aliphatic carbocycles. The summed E-state index contributed by atoms with van der Waals surface area (Å²) in [6.45, 7) is 3.12. The first-order valence-corrected chi connectivity index (χ1v) is 11.1. The van der Waals surface area contributed by atoms with E-state index >= 15 is 0 Å². The number of aliphatic hydroxyl groups excluding tert-OH is 1. The molecule has 1 amide bonds. The molecule has 2 N–H and O–H groups in total. The third-order valence-corrected chi connectivity index (χ3v) is 6.56. The summed E-state index contributed by atoms with van der Waals surface area (Å²) in [5.74, 6) is -0.285. The van der Waals surface area contributed by atoms with Gasteiger partial charge < -0.3 is 19.6 Å². The number of aryl methyl sites for hydroxylation is 1. The fourth-order valence-corrected chi connectivity index (χ4v) is 4.96. The molecule has 2 heterocycles. The molecule has 2 aromatic carbocycles. The zero-order valence-corrected chi connectivity index (χ0v) is 18.3. The van der Waals surface area contributed by atoms with Gasteiger partial charge >= 0.3 is 0 Å². The highest BCUT2D eigenvalue weighted by atomic mass is 19.1. The van der Waals surface area contributed by atoms with Crippen LogP contribution in [0.5, 0.6) is 5.75 Å². The molecule has 0 unspecified atom stereocenters. The molecule has 0 saturated heterocycles. The van der Waals surface area contributed by atoms with Gasteiger partial charge in [0.2, 0.25) is 5.76 Å². The number of fused-ring (bicyclic) bond motifs is 1. The Kier molecular flexibility index (Phi) is 5.86.